The summed E-state index contributed by atoms with van der Waals surface area (Å²) >= 11 is 0. The fraction of sp³-hybridized carbons (Fsp3) is 0.0556. The van der Waals surface area contributed by atoms with Gasteiger partial charge in [-0.15, -0.1) is 0 Å². The highest BCUT2D eigenvalue weighted by atomic mass is 35.7. The van der Waals surface area contributed by atoms with Crippen molar-refractivity contribution >= 4 is 42.3 Å². The Kier molecular flexibility index (Phi) is 4.92. The molecule has 0 unspecified atom stereocenters. The van der Waals surface area contributed by atoms with Gasteiger partial charge in [0.15, 0.2) is 0 Å². The summed E-state index contributed by atoms with van der Waals surface area (Å²) in [5.74, 6) is 0. The van der Waals surface area contributed by atoms with E-state index in [4.69, 9.17) is 15.4 Å². The maximum atomic E-state index is 12.1. The second-order valence-corrected chi connectivity index (χ2v) is 7.82. The Labute approximate surface area is 149 Å². The largest absolute Gasteiger partial charge is 0.444 e. The van der Waals surface area contributed by atoms with Gasteiger partial charge in [0.05, 0.1) is 5.69 Å². The van der Waals surface area contributed by atoms with E-state index in [0.717, 1.165) is 10.9 Å². The van der Waals surface area contributed by atoms with Gasteiger partial charge in [-0.05, 0) is 17.0 Å². The molecule has 3 rings (SSSR count). The molecule has 0 aromatic heterocycles. The van der Waals surface area contributed by atoms with Gasteiger partial charge < -0.3 is 4.74 Å². The molecule has 0 atom stereocenters. The van der Waals surface area contributed by atoms with Gasteiger partial charge in [0.1, 0.15) is 11.5 Å². The van der Waals surface area contributed by atoms with Crippen molar-refractivity contribution in [2.75, 3.05) is 5.32 Å². The van der Waals surface area contributed by atoms with Crippen LogP contribution in [0.25, 0.3) is 10.8 Å². The van der Waals surface area contributed by atoms with E-state index in [-0.39, 0.29) is 17.2 Å². The summed E-state index contributed by atoms with van der Waals surface area (Å²) in [5, 5.41) is 3.83. The molecule has 5 nitrogen and oxygen atoms in total. The molecule has 3 aromatic carbocycles. The van der Waals surface area contributed by atoms with Crippen molar-refractivity contribution in [2.45, 2.75) is 11.5 Å². The number of anilines is 1. The molecule has 1 amide bonds. The summed E-state index contributed by atoms with van der Waals surface area (Å²) in [5.41, 5.74) is 0.923. The average molecular weight is 376 g/mol. The zero-order chi connectivity index (χ0) is 17.9. The smallest absolute Gasteiger partial charge is 0.412 e. The summed E-state index contributed by atoms with van der Waals surface area (Å²) in [6.45, 7) is 0.0698. The molecular formula is C18H14ClNO4S. The molecule has 0 aliphatic heterocycles. The number of amides is 1. The van der Waals surface area contributed by atoms with E-state index >= 15 is 0 Å². The Morgan fingerprint density at radius 1 is 0.960 bits per heavy atom. The van der Waals surface area contributed by atoms with E-state index in [9.17, 15) is 13.2 Å². The average Bonchev–Trinajstić information content (AvgIpc) is 2.60. The number of ether oxygens (including phenoxy) is 1. The van der Waals surface area contributed by atoms with Crippen LogP contribution in [0.5, 0.6) is 0 Å². The van der Waals surface area contributed by atoms with E-state index in [1.54, 1.807) is 24.3 Å². The first-order chi connectivity index (χ1) is 11.9. The molecule has 0 saturated heterocycles. The fourth-order valence-corrected chi connectivity index (χ4v) is 3.47. The standard InChI is InChI=1S/C18H14ClNO4S/c19-25(22,23)16-11-10-14-8-4-5-9-15(14)17(16)20-18(21)24-12-13-6-2-1-3-7-13/h1-11H,12H2,(H,20,21). The second kappa shape index (κ2) is 7.13. The van der Waals surface area contributed by atoms with Crippen LogP contribution in [-0.4, -0.2) is 14.5 Å². The van der Waals surface area contributed by atoms with Gasteiger partial charge in [0, 0.05) is 16.1 Å². The van der Waals surface area contributed by atoms with Crippen LogP contribution in [0.3, 0.4) is 0 Å². The third-order valence-electron chi connectivity index (χ3n) is 3.59. The number of halogens is 1. The summed E-state index contributed by atoms with van der Waals surface area (Å²) in [6.07, 6.45) is -0.762. The maximum absolute atomic E-state index is 12.1. The lowest BCUT2D eigenvalue weighted by Gasteiger charge is -2.13. The molecule has 25 heavy (non-hydrogen) atoms. The van der Waals surface area contributed by atoms with E-state index in [2.05, 4.69) is 5.32 Å². The highest BCUT2D eigenvalue weighted by molar-refractivity contribution is 8.13. The Hall–Kier alpha value is -2.57. The number of carbonyl (C=O) groups excluding carboxylic acids is 1. The molecule has 7 heteroatoms. The number of fused-ring (bicyclic) bond motifs is 1. The SMILES string of the molecule is O=C(Nc1c(S(=O)(=O)Cl)ccc2ccccc12)OCc1ccccc1. The molecule has 0 radical (unpaired) electrons. The molecule has 0 bridgehead atoms. The van der Waals surface area contributed by atoms with Crippen LogP contribution in [0, 0.1) is 0 Å². The van der Waals surface area contributed by atoms with Gasteiger partial charge in [-0.2, -0.15) is 0 Å². The van der Waals surface area contributed by atoms with E-state index in [0.29, 0.717) is 5.39 Å². The molecule has 1 N–H and O–H groups in total. The van der Waals surface area contributed by atoms with Crippen molar-refractivity contribution in [1.29, 1.82) is 0 Å². The number of carbonyl (C=O) groups is 1. The predicted octanol–water partition coefficient (Wildman–Crippen LogP) is 4.52. The van der Waals surface area contributed by atoms with Crippen molar-refractivity contribution in [1.82, 2.24) is 0 Å². The van der Waals surface area contributed by atoms with E-state index < -0.39 is 15.1 Å². The lowest BCUT2D eigenvalue weighted by Crippen LogP contribution is -2.15. The molecule has 0 heterocycles. The lowest BCUT2D eigenvalue weighted by molar-refractivity contribution is 0.155. The van der Waals surface area contributed by atoms with Crippen molar-refractivity contribution in [3.05, 3.63) is 72.3 Å². The first-order valence-electron chi connectivity index (χ1n) is 7.39. The van der Waals surface area contributed by atoms with Crippen LogP contribution in [-0.2, 0) is 20.4 Å². The first kappa shape index (κ1) is 17.3. The van der Waals surface area contributed by atoms with Gasteiger partial charge in [-0.25, -0.2) is 13.2 Å². The summed E-state index contributed by atoms with van der Waals surface area (Å²) < 4.78 is 28.8. The zero-order valence-electron chi connectivity index (χ0n) is 13.0. The van der Waals surface area contributed by atoms with Crippen LogP contribution in [0.2, 0.25) is 0 Å². The Morgan fingerprint density at radius 2 is 1.64 bits per heavy atom. The molecule has 3 aromatic rings. The van der Waals surface area contributed by atoms with Gasteiger partial charge in [-0.3, -0.25) is 5.32 Å². The van der Waals surface area contributed by atoms with Gasteiger partial charge >= 0.3 is 6.09 Å². The maximum Gasteiger partial charge on any atom is 0.412 e. The molecule has 0 spiro atoms. The normalized spacial score (nSPS) is 11.2. The first-order valence-corrected chi connectivity index (χ1v) is 9.70. The second-order valence-electron chi connectivity index (χ2n) is 5.28. The Bertz CT molecular complexity index is 1020. The molecule has 0 aliphatic carbocycles. The van der Waals surface area contributed by atoms with Crippen LogP contribution < -0.4 is 5.32 Å². The monoisotopic (exact) mass is 375 g/mol. The van der Waals surface area contributed by atoms with Crippen LogP contribution in [0.1, 0.15) is 5.56 Å². The minimum atomic E-state index is -4.04. The summed E-state index contributed by atoms with van der Waals surface area (Å²) in [6, 6.07) is 19.2. The minimum absolute atomic E-state index is 0.0698. The van der Waals surface area contributed by atoms with Crippen LogP contribution in [0.4, 0.5) is 10.5 Å². The van der Waals surface area contributed by atoms with Crippen molar-refractivity contribution in [2.24, 2.45) is 0 Å². The summed E-state index contributed by atoms with van der Waals surface area (Å²) in [4.78, 5) is 12.0. The molecule has 0 fully saturated rings. The minimum Gasteiger partial charge on any atom is -0.444 e. The van der Waals surface area contributed by atoms with Crippen molar-refractivity contribution in [3.63, 3.8) is 0 Å². The number of hydrogen-bond acceptors (Lipinski definition) is 4. The summed E-state index contributed by atoms with van der Waals surface area (Å²) in [7, 11) is 1.46. The van der Waals surface area contributed by atoms with Crippen molar-refractivity contribution in [3.8, 4) is 0 Å². The molecule has 0 aliphatic rings. The highest BCUT2D eigenvalue weighted by Crippen LogP contribution is 2.32. The lowest BCUT2D eigenvalue weighted by atomic mass is 10.1. The van der Waals surface area contributed by atoms with Crippen molar-refractivity contribution < 1.29 is 17.9 Å². The van der Waals surface area contributed by atoms with Gasteiger partial charge in [0.2, 0.25) is 0 Å². The van der Waals surface area contributed by atoms with Crippen LogP contribution in [0.15, 0.2) is 71.6 Å². The Morgan fingerprint density at radius 3 is 2.36 bits per heavy atom. The molecular weight excluding hydrogens is 362 g/mol. The quantitative estimate of drug-likeness (QED) is 0.680. The van der Waals surface area contributed by atoms with E-state index in [1.165, 1.54) is 6.07 Å². The third-order valence-corrected chi connectivity index (χ3v) is 4.96. The predicted molar refractivity (Wildman–Crippen MR) is 97.2 cm³/mol. The van der Waals surface area contributed by atoms with Gasteiger partial charge in [0.25, 0.3) is 9.05 Å². The topological polar surface area (TPSA) is 72.5 Å². The van der Waals surface area contributed by atoms with E-state index in [1.807, 2.05) is 36.4 Å². The third kappa shape index (κ3) is 4.10. The zero-order valence-corrected chi connectivity index (χ0v) is 14.5. The highest BCUT2D eigenvalue weighted by Gasteiger charge is 2.20. The van der Waals surface area contributed by atoms with Gasteiger partial charge in [-0.1, -0.05) is 60.7 Å². The number of benzene rings is 3. The fourth-order valence-electron chi connectivity index (χ4n) is 2.44. The molecule has 0 saturated carbocycles. The number of hydrogen-bond donors (Lipinski definition) is 1. The van der Waals surface area contributed by atoms with Crippen LogP contribution >= 0.6 is 10.7 Å². The number of nitrogens with one attached hydrogen (secondary N) is 1. The Balaban J connectivity index is 1.90. The number of rotatable bonds is 4. The molecule has 128 valence electrons.